The molecular weight excluding hydrogens is 414 g/mol. The van der Waals surface area contributed by atoms with Gasteiger partial charge in [-0.25, -0.2) is 4.68 Å². The van der Waals surface area contributed by atoms with Crippen LogP contribution < -0.4 is 5.56 Å². The monoisotopic (exact) mass is 433 g/mol. The van der Waals surface area contributed by atoms with Gasteiger partial charge in [-0.15, -0.1) is 16.4 Å². The standard InChI is InChI=1S/C19H20ClN5OS2/c1-3-10-23-17(26)14-6-4-5-7-15(14)25-18(23)21-24(19(25)27)12-22(2)11-13-8-9-16(20)28-13/h4-9H,3,10-12H2,1-2H3. The lowest BCUT2D eigenvalue weighted by molar-refractivity contribution is 0.246. The van der Waals surface area contributed by atoms with E-state index in [-0.39, 0.29) is 5.56 Å². The minimum Gasteiger partial charge on any atom is -0.282 e. The molecule has 146 valence electrons. The summed E-state index contributed by atoms with van der Waals surface area (Å²) in [5.74, 6) is 0.586. The Bertz CT molecular complexity index is 1270. The molecule has 0 aliphatic carbocycles. The number of hydrogen-bond acceptors (Lipinski definition) is 5. The Morgan fingerprint density at radius 2 is 2.04 bits per heavy atom. The maximum Gasteiger partial charge on any atom is 0.262 e. The van der Waals surface area contributed by atoms with E-state index < -0.39 is 0 Å². The van der Waals surface area contributed by atoms with Gasteiger partial charge in [0.2, 0.25) is 10.5 Å². The van der Waals surface area contributed by atoms with Gasteiger partial charge in [0.05, 0.1) is 21.9 Å². The predicted octanol–water partition coefficient (Wildman–Crippen LogP) is 4.39. The molecule has 0 atom stereocenters. The van der Waals surface area contributed by atoms with Gasteiger partial charge in [0.1, 0.15) is 0 Å². The summed E-state index contributed by atoms with van der Waals surface area (Å²) < 4.78 is 6.75. The molecule has 0 saturated carbocycles. The number of para-hydroxylation sites is 1. The molecule has 0 aliphatic heterocycles. The first-order valence-corrected chi connectivity index (χ1v) is 10.6. The van der Waals surface area contributed by atoms with Crippen LogP contribution in [0.3, 0.4) is 0 Å². The van der Waals surface area contributed by atoms with E-state index in [0.29, 0.717) is 29.1 Å². The highest BCUT2D eigenvalue weighted by Gasteiger charge is 2.16. The fourth-order valence-corrected chi connectivity index (χ4v) is 4.81. The van der Waals surface area contributed by atoms with Gasteiger partial charge in [0, 0.05) is 18.0 Å². The van der Waals surface area contributed by atoms with Gasteiger partial charge < -0.3 is 0 Å². The number of aryl methyl sites for hydroxylation is 1. The molecule has 6 nitrogen and oxygen atoms in total. The van der Waals surface area contributed by atoms with E-state index in [1.165, 1.54) is 4.88 Å². The topological polar surface area (TPSA) is 47.5 Å². The van der Waals surface area contributed by atoms with Gasteiger partial charge in [0.25, 0.3) is 5.56 Å². The molecule has 0 aliphatic rings. The molecular formula is C19H20ClN5OS2. The fourth-order valence-electron chi connectivity index (χ4n) is 3.37. The Morgan fingerprint density at radius 1 is 1.25 bits per heavy atom. The minimum absolute atomic E-state index is 0.0290. The van der Waals surface area contributed by atoms with E-state index in [9.17, 15) is 4.79 Å². The summed E-state index contributed by atoms with van der Waals surface area (Å²) in [6.45, 7) is 3.91. The second kappa shape index (κ2) is 7.79. The lowest BCUT2D eigenvalue weighted by atomic mass is 10.2. The van der Waals surface area contributed by atoms with E-state index in [1.54, 1.807) is 20.6 Å². The van der Waals surface area contributed by atoms with Gasteiger partial charge in [-0.2, -0.15) is 0 Å². The average molecular weight is 434 g/mol. The summed E-state index contributed by atoms with van der Waals surface area (Å²) in [5.41, 5.74) is 0.762. The molecule has 0 N–H and O–H groups in total. The Balaban J connectivity index is 1.81. The van der Waals surface area contributed by atoms with Gasteiger partial charge in [-0.05, 0) is 50.0 Å². The van der Waals surface area contributed by atoms with Crippen molar-refractivity contribution in [2.45, 2.75) is 33.1 Å². The second-order valence-corrected chi connectivity index (χ2v) is 8.92. The van der Waals surface area contributed by atoms with Crippen molar-refractivity contribution >= 4 is 51.8 Å². The highest BCUT2D eigenvalue weighted by Crippen LogP contribution is 2.22. The van der Waals surface area contributed by atoms with Crippen molar-refractivity contribution in [2.75, 3.05) is 7.05 Å². The molecule has 0 saturated heterocycles. The van der Waals surface area contributed by atoms with Crippen molar-refractivity contribution in [3.05, 3.63) is 60.7 Å². The number of thiophene rings is 1. The fraction of sp³-hybridized carbons (Fsp3) is 0.316. The third-order valence-electron chi connectivity index (χ3n) is 4.56. The van der Waals surface area contributed by atoms with Crippen LogP contribution in [-0.4, -0.2) is 30.7 Å². The molecule has 3 heterocycles. The lowest BCUT2D eigenvalue weighted by Gasteiger charge is -2.14. The molecule has 3 aromatic heterocycles. The van der Waals surface area contributed by atoms with Crippen LogP contribution in [0.5, 0.6) is 0 Å². The molecule has 4 rings (SSSR count). The van der Waals surface area contributed by atoms with Crippen molar-refractivity contribution in [2.24, 2.45) is 0 Å². The molecule has 0 unspecified atom stereocenters. The molecule has 0 bridgehead atoms. The predicted molar refractivity (Wildman–Crippen MR) is 117 cm³/mol. The number of fused-ring (bicyclic) bond motifs is 3. The zero-order chi connectivity index (χ0) is 19.8. The third kappa shape index (κ3) is 3.41. The Morgan fingerprint density at radius 3 is 2.75 bits per heavy atom. The summed E-state index contributed by atoms with van der Waals surface area (Å²) in [6, 6.07) is 11.5. The maximum absolute atomic E-state index is 13.0. The number of benzene rings is 1. The lowest BCUT2D eigenvalue weighted by Crippen LogP contribution is -2.23. The van der Waals surface area contributed by atoms with E-state index >= 15 is 0 Å². The largest absolute Gasteiger partial charge is 0.282 e. The van der Waals surface area contributed by atoms with Crippen molar-refractivity contribution in [1.82, 2.24) is 23.6 Å². The van der Waals surface area contributed by atoms with Crippen molar-refractivity contribution in [3.8, 4) is 0 Å². The molecule has 9 heteroatoms. The summed E-state index contributed by atoms with van der Waals surface area (Å²) in [6.07, 6.45) is 0.840. The quantitative estimate of drug-likeness (QED) is 0.423. The van der Waals surface area contributed by atoms with Crippen LogP contribution in [0, 0.1) is 4.77 Å². The highest BCUT2D eigenvalue weighted by molar-refractivity contribution is 7.71. The third-order valence-corrected chi connectivity index (χ3v) is 6.17. The first-order valence-electron chi connectivity index (χ1n) is 9.03. The van der Waals surface area contributed by atoms with Gasteiger partial charge in [0.15, 0.2) is 0 Å². The zero-order valence-electron chi connectivity index (χ0n) is 15.6. The normalized spacial score (nSPS) is 11.9. The van der Waals surface area contributed by atoms with Crippen molar-refractivity contribution < 1.29 is 0 Å². The van der Waals surface area contributed by atoms with Crippen LogP contribution in [0.25, 0.3) is 16.7 Å². The summed E-state index contributed by atoms with van der Waals surface area (Å²) >= 11 is 13.3. The maximum atomic E-state index is 13.0. The van der Waals surface area contributed by atoms with Crippen LogP contribution in [0.1, 0.15) is 18.2 Å². The van der Waals surface area contributed by atoms with Crippen LogP contribution in [-0.2, 0) is 19.8 Å². The molecule has 4 aromatic rings. The molecule has 28 heavy (non-hydrogen) atoms. The summed E-state index contributed by atoms with van der Waals surface area (Å²) in [5, 5.41) is 5.36. The SMILES string of the molecule is CCCn1c(=O)c2ccccc2n2c(=S)n(CN(C)Cc3ccc(Cl)s3)nc12. The van der Waals surface area contributed by atoms with E-state index in [1.807, 2.05) is 54.8 Å². The average Bonchev–Trinajstić information content (AvgIpc) is 3.22. The Hall–Kier alpha value is -2.00. The summed E-state index contributed by atoms with van der Waals surface area (Å²) in [4.78, 5) is 16.3. The van der Waals surface area contributed by atoms with Crippen LogP contribution in [0.15, 0.2) is 41.2 Å². The van der Waals surface area contributed by atoms with Gasteiger partial charge in [-0.1, -0.05) is 30.7 Å². The summed E-state index contributed by atoms with van der Waals surface area (Å²) in [7, 11) is 2.01. The van der Waals surface area contributed by atoms with E-state index in [2.05, 4.69) is 4.90 Å². The molecule has 0 fully saturated rings. The number of halogens is 1. The first kappa shape index (κ1) is 19.3. The second-order valence-electron chi connectivity index (χ2n) is 6.75. The van der Waals surface area contributed by atoms with Crippen molar-refractivity contribution in [3.63, 3.8) is 0 Å². The van der Waals surface area contributed by atoms with Crippen LogP contribution in [0.4, 0.5) is 0 Å². The van der Waals surface area contributed by atoms with Crippen molar-refractivity contribution in [1.29, 1.82) is 0 Å². The number of rotatable bonds is 6. The Labute approximate surface area is 176 Å². The Kier molecular flexibility index (Phi) is 5.37. The van der Waals surface area contributed by atoms with Gasteiger partial charge >= 0.3 is 0 Å². The van der Waals surface area contributed by atoms with Crippen LogP contribution >= 0.6 is 35.2 Å². The molecule has 0 radical (unpaired) electrons. The van der Waals surface area contributed by atoms with E-state index in [4.69, 9.17) is 28.9 Å². The zero-order valence-corrected chi connectivity index (χ0v) is 18.0. The molecule has 0 spiro atoms. The van der Waals surface area contributed by atoms with Gasteiger partial charge in [-0.3, -0.25) is 18.7 Å². The smallest absolute Gasteiger partial charge is 0.262 e. The number of nitrogens with zero attached hydrogens (tertiary/aromatic N) is 5. The highest BCUT2D eigenvalue weighted by atomic mass is 35.5. The molecule has 1 aromatic carbocycles. The van der Waals surface area contributed by atoms with Crippen LogP contribution in [0.2, 0.25) is 4.34 Å². The first-order chi connectivity index (χ1) is 13.5. The van der Waals surface area contributed by atoms with E-state index in [0.717, 1.165) is 22.8 Å². The molecule has 0 amide bonds. The number of hydrogen-bond donors (Lipinski definition) is 0. The number of aromatic nitrogens is 4. The minimum atomic E-state index is -0.0290.